The fourth-order valence-electron chi connectivity index (χ4n) is 5.16. The van der Waals surface area contributed by atoms with Crippen LogP contribution in [0, 0.1) is 18.3 Å². The van der Waals surface area contributed by atoms with Crippen molar-refractivity contribution in [3.63, 3.8) is 0 Å². The van der Waals surface area contributed by atoms with E-state index in [0.29, 0.717) is 34.3 Å². The number of halogens is 3. The van der Waals surface area contributed by atoms with E-state index < -0.39 is 23.2 Å². The molecular formula is C27H30F3N5O2S. The summed E-state index contributed by atoms with van der Waals surface area (Å²) in [6, 6.07) is 4.67. The largest absolute Gasteiger partial charge is 0.433 e. The zero-order chi connectivity index (χ0) is 27.4. The molecule has 0 bridgehead atoms. The lowest BCUT2D eigenvalue weighted by Gasteiger charge is -2.26. The number of pyridine rings is 2. The molecule has 5 rings (SSSR count). The van der Waals surface area contributed by atoms with E-state index in [1.807, 2.05) is 0 Å². The number of amides is 2. The Hall–Kier alpha value is -2.89. The third-order valence-corrected chi connectivity index (χ3v) is 8.90. The predicted molar refractivity (Wildman–Crippen MR) is 139 cm³/mol. The van der Waals surface area contributed by atoms with Crippen LogP contribution in [0.25, 0.3) is 21.5 Å². The maximum absolute atomic E-state index is 13.8. The van der Waals surface area contributed by atoms with Crippen molar-refractivity contribution in [2.24, 2.45) is 11.3 Å². The minimum absolute atomic E-state index is 0.0634. The van der Waals surface area contributed by atoms with Crippen molar-refractivity contribution in [3.8, 4) is 11.3 Å². The number of carbonyl (C=O) groups is 2. The van der Waals surface area contributed by atoms with E-state index in [9.17, 15) is 22.8 Å². The van der Waals surface area contributed by atoms with Crippen LogP contribution in [0.5, 0.6) is 0 Å². The van der Waals surface area contributed by atoms with Gasteiger partial charge in [0.1, 0.15) is 5.69 Å². The maximum Gasteiger partial charge on any atom is 0.433 e. The zero-order valence-electron chi connectivity index (χ0n) is 21.7. The van der Waals surface area contributed by atoms with Gasteiger partial charge in [0.05, 0.1) is 27.9 Å². The zero-order valence-corrected chi connectivity index (χ0v) is 22.5. The molecule has 2 N–H and O–H groups in total. The Labute approximate surface area is 222 Å². The molecule has 0 radical (unpaired) electrons. The van der Waals surface area contributed by atoms with Crippen LogP contribution < -0.4 is 10.6 Å². The van der Waals surface area contributed by atoms with Crippen molar-refractivity contribution < 1.29 is 22.8 Å². The molecule has 2 fully saturated rings. The first kappa shape index (κ1) is 26.7. The monoisotopic (exact) mass is 545 g/mol. The number of aromatic nitrogens is 2. The minimum atomic E-state index is -4.59. The molecular weight excluding hydrogens is 515 g/mol. The summed E-state index contributed by atoms with van der Waals surface area (Å²) < 4.78 is 42.1. The molecule has 2 aliphatic heterocycles. The van der Waals surface area contributed by atoms with Crippen molar-refractivity contribution in [2.45, 2.75) is 52.9 Å². The first-order valence-electron chi connectivity index (χ1n) is 12.6. The van der Waals surface area contributed by atoms with Crippen LogP contribution in [-0.4, -0.2) is 52.4 Å². The molecule has 5 heterocycles. The first-order valence-corrected chi connectivity index (χ1v) is 13.4. The summed E-state index contributed by atoms with van der Waals surface area (Å²) in [7, 11) is 0. The molecule has 2 atom stereocenters. The van der Waals surface area contributed by atoms with E-state index in [4.69, 9.17) is 0 Å². The average Bonchev–Trinajstić information content (AvgIpc) is 3.35. The van der Waals surface area contributed by atoms with Gasteiger partial charge in [-0.1, -0.05) is 20.8 Å². The SMILES string of the molecule is Cc1cc(C(F)(F)F)nc(-c2ccnc3cc(CN4C(=O)C(C)C(C)(C)C4=O)sc23)c1CC1CNCCN1. The highest BCUT2D eigenvalue weighted by atomic mass is 32.1. The van der Waals surface area contributed by atoms with Gasteiger partial charge in [0.25, 0.3) is 0 Å². The number of carbonyl (C=O) groups excluding carboxylic acids is 2. The van der Waals surface area contributed by atoms with Crippen LogP contribution in [0.4, 0.5) is 13.2 Å². The fourth-order valence-corrected chi connectivity index (χ4v) is 6.28. The number of aryl methyl sites for hydroxylation is 1. The van der Waals surface area contributed by atoms with E-state index in [1.54, 1.807) is 46.0 Å². The third kappa shape index (κ3) is 4.71. The summed E-state index contributed by atoms with van der Waals surface area (Å²) in [5.41, 5.74) is 1.00. The Morgan fingerprint density at radius 3 is 2.61 bits per heavy atom. The number of piperazine rings is 1. The smallest absolute Gasteiger partial charge is 0.314 e. The lowest BCUT2D eigenvalue weighted by atomic mass is 9.82. The van der Waals surface area contributed by atoms with Gasteiger partial charge >= 0.3 is 6.18 Å². The Kier molecular flexibility index (Phi) is 6.81. The van der Waals surface area contributed by atoms with Crippen LogP contribution in [-0.2, 0) is 28.7 Å². The highest BCUT2D eigenvalue weighted by Crippen LogP contribution is 2.41. The second-order valence-corrected chi connectivity index (χ2v) is 11.8. The van der Waals surface area contributed by atoms with Crippen molar-refractivity contribution in [2.75, 3.05) is 19.6 Å². The molecule has 38 heavy (non-hydrogen) atoms. The second-order valence-electron chi connectivity index (χ2n) is 10.7. The van der Waals surface area contributed by atoms with E-state index in [1.165, 1.54) is 16.2 Å². The van der Waals surface area contributed by atoms with Crippen molar-refractivity contribution in [1.29, 1.82) is 0 Å². The van der Waals surface area contributed by atoms with Crippen molar-refractivity contribution >= 4 is 33.4 Å². The number of nitrogens with one attached hydrogen (secondary N) is 2. The minimum Gasteiger partial charge on any atom is -0.314 e. The number of nitrogens with zero attached hydrogens (tertiary/aromatic N) is 3. The lowest BCUT2D eigenvalue weighted by Crippen LogP contribution is -2.49. The number of rotatable bonds is 5. The molecule has 2 aliphatic rings. The maximum atomic E-state index is 13.8. The summed E-state index contributed by atoms with van der Waals surface area (Å²) in [6.45, 7) is 9.42. The van der Waals surface area contributed by atoms with Crippen LogP contribution in [0.1, 0.15) is 42.5 Å². The summed E-state index contributed by atoms with van der Waals surface area (Å²) in [5.74, 6) is -0.885. The molecule has 0 spiro atoms. The number of thiophene rings is 1. The Balaban J connectivity index is 1.58. The summed E-state index contributed by atoms with van der Waals surface area (Å²) >= 11 is 1.33. The van der Waals surface area contributed by atoms with E-state index in [-0.39, 0.29) is 30.1 Å². The van der Waals surface area contributed by atoms with Crippen LogP contribution in [0.2, 0.25) is 0 Å². The molecule has 3 aromatic heterocycles. The Bertz CT molecular complexity index is 1410. The van der Waals surface area contributed by atoms with Gasteiger partial charge in [-0.25, -0.2) is 4.98 Å². The summed E-state index contributed by atoms with van der Waals surface area (Å²) in [6.07, 6.45) is -2.51. The predicted octanol–water partition coefficient (Wildman–Crippen LogP) is 4.32. The van der Waals surface area contributed by atoms with Gasteiger partial charge in [-0.2, -0.15) is 13.2 Å². The molecule has 11 heteroatoms. The summed E-state index contributed by atoms with van der Waals surface area (Å²) in [5, 5.41) is 6.75. The molecule has 2 saturated heterocycles. The Morgan fingerprint density at radius 2 is 1.97 bits per heavy atom. The molecule has 0 aromatic carbocycles. The highest BCUT2D eigenvalue weighted by Gasteiger charge is 2.51. The number of fused-ring (bicyclic) bond motifs is 1. The van der Waals surface area contributed by atoms with Gasteiger partial charge < -0.3 is 10.6 Å². The standard InChI is InChI=1S/C27H30F3N5O2S/c1-14-9-21(27(28,29)30)34-22(19(14)10-16-12-31-7-8-32-16)18-5-6-33-20-11-17(38-23(18)20)13-35-24(36)15(2)26(3,4)25(35)37/h5-6,9,11,15-16,31-32H,7-8,10,12-13H2,1-4H3. The number of imide groups is 1. The summed E-state index contributed by atoms with van der Waals surface area (Å²) in [4.78, 5) is 36.3. The Morgan fingerprint density at radius 1 is 1.21 bits per heavy atom. The van der Waals surface area contributed by atoms with Gasteiger partial charge in [0.2, 0.25) is 11.8 Å². The second kappa shape index (κ2) is 9.69. The van der Waals surface area contributed by atoms with Gasteiger partial charge in [-0.15, -0.1) is 11.3 Å². The van der Waals surface area contributed by atoms with Crippen LogP contribution >= 0.6 is 11.3 Å². The van der Waals surface area contributed by atoms with E-state index >= 15 is 0 Å². The van der Waals surface area contributed by atoms with Gasteiger partial charge in [0, 0.05) is 48.2 Å². The van der Waals surface area contributed by atoms with Gasteiger partial charge in [-0.3, -0.25) is 19.5 Å². The number of alkyl halides is 3. The average molecular weight is 546 g/mol. The molecule has 0 saturated carbocycles. The van der Waals surface area contributed by atoms with Crippen molar-refractivity contribution in [3.05, 3.63) is 46.1 Å². The normalized spacial score (nSPS) is 22.0. The van der Waals surface area contributed by atoms with E-state index in [2.05, 4.69) is 20.6 Å². The molecule has 202 valence electrons. The molecule has 7 nitrogen and oxygen atoms in total. The number of hydrogen-bond donors (Lipinski definition) is 2. The molecule has 0 aliphatic carbocycles. The molecule has 2 amide bonds. The topological polar surface area (TPSA) is 87.2 Å². The third-order valence-electron chi connectivity index (χ3n) is 7.76. The van der Waals surface area contributed by atoms with Gasteiger partial charge in [-0.05, 0) is 42.7 Å². The van der Waals surface area contributed by atoms with E-state index in [0.717, 1.165) is 29.6 Å². The number of hydrogen-bond acceptors (Lipinski definition) is 7. The first-order chi connectivity index (χ1) is 17.9. The van der Waals surface area contributed by atoms with Crippen LogP contribution in [0.15, 0.2) is 24.4 Å². The van der Waals surface area contributed by atoms with Gasteiger partial charge in [0.15, 0.2) is 0 Å². The molecule has 2 unspecified atom stereocenters. The lowest BCUT2D eigenvalue weighted by molar-refractivity contribution is -0.142. The highest BCUT2D eigenvalue weighted by molar-refractivity contribution is 7.19. The fraction of sp³-hybridized carbons (Fsp3) is 0.481. The van der Waals surface area contributed by atoms with Crippen LogP contribution in [0.3, 0.4) is 0 Å². The quantitative estimate of drug-likeness (QED) is 0.465. The molecule has 3 aromatic rings. The van der Waals surface area contributed by atoms with Crippen molar-refractivity contribution in [1.82, 2.24) is 25.5 Å². The number of likely N-dealkylation sites (tertiary alicyclic amines) is 1.